The zero-order valence-corrected chi connectivity index (χ0v) is 16.4. The van der Waals surface area contributed by atoms with Crippen molar-refractivity contribution in [1.29, 1.82) is 0 Å². The molecule has 0 saturated carbocycles. The van der Waals surface area contributed by atoms with E-state index in [1.807, 2.05) is 12.1 Å². The Kier molecular flexibility index (Phi) is 7.14. The molecule has 2 aromatic rings. The molecular weight excluding hydrogens is 354 g/mol. The van der Waals surface area contributed by atoms with Gasteiger partial charge in [-0.1, -0.05) is 12.1 Å². The Morgan fingerprint density at radius 1 is 1.04 bits per heavy atom. The highest BCUT2D eigenvalue weighted by atomic mass is 16.5. The van der Waals surface area contributed by atoms with Gasteiger partial charge in [-0.25, -0.2) is 0 Å². The number of rotatable bonds is 8. The van der Waals surface area contributed by atoms with Crippen molar-refractivity contribution in [1.82, 2.24) is 10.2 Å². The number of hydrogen-bond acceptors (Lipinski definition) is 5. The predicted octanol–water partition coefficient (Wildman–Crippen LogP) is 2.73. The van der Waals surface area contributed by atoms with Gasteiger partial charge in [-0.2, -0.15) is 0 Å². The third-order valence-electron chi connectivity index (χ3n) is 5.11. The second-order valence-electron chi connectivity index (χ2n) is 7.01. The van der Waals surface area contributed by atoms with Crippen LogP contribution in [0, 0.1) is 0 Å². The van der Waals surface area contributed by atoms with Crippen molar-refractivity contribution in [2.24, 2.45) is 0 Å². The minimum atomic E-state index is -0.0922. The Morgan fingerprint density at radius 2 is 1.75 bits per heavy atom. The monoisotopic (exact) mass is 383 g/mol. The van der Waals surface area contributed by atoms with Crippen LogP contribution in [0.3, 0.4) is 0 Å². The summed E-state index contributed by atoms with van der Waals surface area (Å²) < 4.78 is 5.47. The molecular formula is C22H29N3O3. The van der Waals surface area contributed by atoms with Crippen molar-refractivity contribution in [3.05, 3.63) is 54.1 Å². The van der Waals surface area contributed by atoms with E-state index in [0.29, 0.717) is 12.1 Å². The standard InChI is InChI=1S/C22H29N3O3/c1-28-21-7-3-2-6-20(21)25-16-14-24(15-17-25)13-5-4-12-23-22(27)18-8-10-19(26)11-9-18/h2-3,6-11,26H,4-5,12-17H2,1H3,(H,23,27). The van der Waals surface area contributed by atoms with Gasteiger partial charge in [0, 0.05) is 38.3 Å². The molecule has 6 nitrogen and oxygen atoms in total. The van der Waals surface area contributed by atoms with E-state index in [0.717, 1.165) is 51.3 Å². The highest BCUT2D eigenvalue weighted by Gasteiger charge is 2.19. The molecule has 3 rings (SSSR count). The lowest BCUT2D eigenvalue weighted by molar-refractivity contribution is 0.0952. The number of ether oxygens (including phenoxy) is 1. The number of carbonyl (C=O) groups excluding carboxylic acids is 1. The van der Waals surface area contributed by atoms with Crippen molar-refractivity contribution >= 4 is 11.6 Å². The zero-order valence-electron chi connectivity index (χ0n) is 16.4. The Balaban J connectivity index is 1.32. The third-order valence-corrected chi connectivity index (χ3v) is 5.11. The molecule has 1 heterocycles. The number of hydrogen-bond donors (Lipinski definition) is 2. The molecule has 0 atom stereocenters. The number of benzene rings is 2. The molecule has 0 bridgehead atoms. The largest absolute Gasteiger partial charge is 0.508 e. The van der Waals surface area contributed by atoms with Crippen LogP contribution in [0.5, 0.6) is 11.5 Å². The Bertz CT molecular complexity index is 756. The molecule has 0 aliphatic carbocycles. The molecule has 1 fully saturated rings. The van der Waals surface area contributed by atoms with E-state index < -0.39 is 0 Å². The van der Waals surface area contributed by atoms with E-state index in [4.69, 9.17) is 4.74 Å². The molecule has 1 amide bonds. The predicted molar refractivity (Wildman–Crippen MR) is 111 cm³/mol. The van der Waals surface area contributed by atoms with Gasteiger partial charge in [-0.3, -0.25) is 9.69 Å². The Hall–Kier alpha value is -2.73. The van der Waals surface area contributed by atoms with Crippen molar-refractivity contribution < 1.29 is 14.6 Å². The summed E-state index contributed by atoms with van der Waals surface area (Å²) in [5.74, 6) is 1.01. The van der Waals surface area contributed by atoms with Gasteiger partial charge in [0.25, 0.3) is 5.91 Å². The first-order valence-electron chi connectivity index (χ1n) is 9.85. The van der Waals surface area contributed by atoms with Crippen LogP contribution in [-0.2, 0) is 0 Å². The number of phenols is 1. The van der Waals surface area contributed by atoms with E-state index >= 15 is 0 Å². The highest BCUT2D eigenvalue weighted by molar-refractivity contribution is 5.94. The topological polar surface area (TPSA) is 65.0 Å². The summed E-state index contributed by atoms with van der Waals surface area (Å²) in [6.07, 6.45) is 2.01. The van der Waals surface area contributed by atoms with Crippen molar-refractivity contribution in [2.45, 2.75) is 12.8 Å². The second-order valence-corrected chi connectivity index (χ2v) is 7.01. The van der Waals surface area contributed by atoms with Crippen LogP contribution in [0.25, 0.3) is 0 Å². The molecule has 1 saturated heterocycles. The number of nitrogens with zero attached hydrogens (tertiary/aromatic N) is 2. The van der Waals surface area contributed by atoms with E-state index in [1.165, 1.54) is 17.8 Å². The van der Waals surface area contributed by atoms with Crippen LogP contribution in [0.1, 0.15) is 23.2 Å². The van der Waals surface area contributed by atoms with E-state index in [9.17, 15) is 9.90 Å². The molecule has 0 aromatic heterocycles. The number of methoxy groups -OCH3 is 1. The van der Waals surface area contributed by atoms with Crippen LogP contribution in [0.2, 0.25) is 0 Å². The van der Waals surface area contributed by atoms with Gasteiger partial charge in [-0.05, 0) is 55.8 Å². The summed E-state index contributed by atoms with van der Waals surface area (Å²) in [6, 6.07) is 14.5. The number of para-hydroxylation sites is 2. The number of anilines is 1. The molecule has 1 aliphatic rings. The molecule has 150 valence electrons. The van der Waals surface area contributed by atoms with Crippen LogP contribution in [0.15, 0.2) is 48.5 Å². The summed E-state index contributed by atoms with van der Waals surface area (Å²) >= 11 is 0. The van der Waals surface area contributed by atoms with Gasteiger partial charge in [0.1, 0.15) is 11.5 Å². The Morgan fingerprint density at radius 3 is 2.46 bits per heavy atom. The normalized spacial score (nSPS) is 14.7. The van der Waals surface area contributed by atoms with Crippen LogP contribution < -0.4 is 15.0 Å². The lowest BCUT2D eigenvalue weighted by Gasteiger charge is -2.36. The number of unbranched alkanes of at least 4 members (excludes halogenated alkanes) is 1. The van der Waals surface area contributed by atoms with Gasteiger partial charge in [0.15, 0.2) is 0 Å². The minimum Gasteiger partial charge on any atom is -0.508 e. The van der Waals surface area contributed by atoms with Crippen LogP contribution >= 0.6 is 0 Å². The first kappa shape index (κ1) is 20.0. The molecule has 0 unspecified atom stereocenters. The average molecular weight is 383 g/mol. The van der Waals surface area contributed by atoms with Crippen molar-refractivity contribution in [3.63, 3.8) is 0 Å². The fraction of sp³-hybridized carbons (Fsp3) is 0.409. The molecule has 6 heteroatoms. The van der Waals surface area contributed by atoms with Gasteiger partial charge in [-0.15, -0.1) is 0 Å². The highest BCUT2D eigenvalue weighted by Crippen LogP contribution is 2.28. The minimum absolute atomic E-state index is 0.0922. The maximum atomic E-state index is 12.0. The number of amides is 1. The summed E-state index contributed by atoms with van der Waals surface area (Å²) in [5, 5.41) is 12.2. The molecule has 2 N–H and O–H groups in total. The second kappa shape index (κ2) is 9.99. The van der Waals surface area contributed by atoms with Crippen molar-refractivity contribution in [2.75, 3.05) is 51.3 Å². The zero-order chi connectivity index (χ0) is 19.8. The number of aromatic hydroxyl groups is 1. The lowest BCUT2D eigenvalue weighted by atomic mass is 10.2. The lowest BCUT2D eigenvalue weighted by Crippen LogP contribution is -2.46. The van der Waals surface area contributed by atoms with Gasteiger partial charge >= 0.3 is 0 Å². The fourth-order valence-electron chi connectivity index (χ4n) is 3.48. The van der Waals surface area contributed by atoms with Crippen molar-refractivity contribution in [3.8, 4) is 11.5 Å². The molecule has 2 aromatic carbocycles. The number of nitrogens with one attached hydrogen (secondary N) is 1. The molecule has 0 spiro atoms. The van der Waals surface area contributed by atoms with E-state index in [2.05, 4.69) is 27.2 Å². The number of phenolic OH excluding ortho intramolecular Hbond substituents is 1. The first-order chi connectivity index (χ1) is 13.7. The molecule has 0 radical (unpaired) electrons. The maximum Gasteiger partial charge on any atom is 0.251 e. The summed E-state index contributed by atoms with van der Waals surface area (Å²) in [7, 11) is 1.72. The Labute approximate surface area is 166 Å². The molecule has 28 heavy (non-hydrogen) atoms. The SMILES string of the molecule is COc1ccccc1N1CCN(CCCCNC(=O)c2ccc(O)cc2)CC1. The van der Waals surface area contributed by atoms with Gasteiger partial charge < -0.3 is 20.1 Å². The smallest absolute Gasteiger partial charge is 0.251 e. The maximum absolute atomic E-state index is 12.0. The number of carbonyl (C=O) groups is 1. The van der Waals surface area contributed by atoms with E-state index in [1.54, 1.807) is 19.2 Å². The first-order valence-corrected chi connectivity index (χ1v) is 9.85. The summed E-state index contributed by atoms with van der Waals surface area (Å²) in [4.78, 5) is 16.9. The van der Waals surface area contributed by atoms with Gasteiger partial charge in [0.2, 0.25) is 0 Å². The average Bonchev–Trinajstić information content (AvgIpc) is 2.74. The van der Waals surface area contributed by atoms with Crippen LogP contribution in [0.4, 0.5) is 5.69 Å². The fourth-order valence-corrected chi connectivity index (χ4v) is 3.48. The summed E-state index contributed by atoms with van der Waals surface area (Å²) in [5.41, 5.74) is 1.74. The van der Waals surface area contributed by atoms with Crippen LogP contribution in [-0.4, -0.2) is 62.3 Å². The van der Waals surface area contributed by atoms with Gasteiger partial charge in [0.05, 0.1) is 12.8 Å². The quantitative estimate of drug-likeness (QED) is 0.686. The third kappa shape index (κ3) is 5.39. The summed E-state index contributed by atoms with van der Waals surface area (Å²) in [6.45, 7) is 5.79. The van der Waals surface area contributed by atoms with E-state index in [-0.39, 0.29) is 11.7 Å². The number of piperazine rings is 1. The molecule has 1 aliphatic heterocycles.